The normalized spacial score (nSPS) is 10.6. The molecule has 84 valence electrons. The van der Waals surface area contributed by atoms with Gasteiger partial charge in [-0.05, 0) is 12.1 Å². The second-order valence-corrected chi connectivity index (χ2v) is 3.25. The van der Waals surface area contributed by atoms with E-state index < -0.39 is 0 Å². The first kappa shape index (κ1) is 10.6. The molecule has 1 aromatic heterocycles. The fourth-order valence-corrected chi connectivity index (χ4v) is 1.40. The van der Waals surface area contributed by atoms with Crippen LogP contribution in [0, 0.1) is 0 Å². The topological polar surface area (TPSA) is 70.3 Å². The molecule has 0 aliphatic rings. The van der Waals surface area contributed by atoms with Crippen molar-refractivity contribution >= 4 is 16.9 Å². The van der Waals surface area contributed by atoms with Crippen molar-refractivity contribution in [3.63, 3.8) is 0 Å². The third-order valence-corrected chi connectivity index (χ3v) is 2.11. The Balaban J connectivity index is 2.34. The number of fused-ring (bicyclic) bond motifs is 1. The van der Waals surface area contributed by atoms with Crippen LogP contribution in [-0.4, -0.2) is 30.3 Å². The fourth-order valence-electron chi connectivity index (χ4n) is 1.40. The van der Waals surface area contributed by atoms with Gasteiger partial charge in [-0.3, -0.25) is 0 Å². The van der Waals surface area contributed by atoms with Gasteiger partial charge in [-0.2, -0.15) is 4.98 Å². The van der Waals surface area contributed by atoms with Crippen molar-refractivity contribution in [1.82, 2.24) is 9.97 Å². The van der Waals surface area contributed by atoms with E-state index >= 15 is 0 Å². The van der Waals surface area contributed by atoms with E-state index in [2.05, 4.69) is 9.97 Å². The van der Waals surface area contributed by atoms with Gasteiger partial charge in [-0.15, -0.1) is 0 Å². The van der Waals surface area contributed by atoms with E-state index in [9.17, 15) is 0 Å². The number of nitrogens with two attached hydrogens (primary N) is 1. The molecule has 0 aliphatic heterocycles. The van der Waals surface area contributed by atoms with Crippen molar-refractivity contribution in [2.75, 3.05) is 26.1 Å². The SMILES string of the molecule is COCCOc1nc(N)nc2ccccc12. The number of methoxy groups -OCH3 is 1. The van der Waals surface area contributed by atoms with Gasteiger partial charge in [-0.1, -0.05) is 12.1 Å². The maximum absolute atomic E-state index is 5.60. The summed E-state index contributed by atoms with van der Waals surface area (Å²) in [5.74, 6) is 0.714. The lowest BCUT2D eigenvalue weighted by Crippen LogP contribution is -2.07. The van der Waals surface area contributed by atoms with Crippen LogP contribution in [-0.2, 0) is 4.74 Å². The molecule has 0 atom stereocenters. The molecule has 0 spiro atoms. The molecule has 0 saturated carbocycles. The van der Waals surface area contributed by atoms with E-state index in [-0.39, 0.29) is 5.95 Å². The van der Waals surface area contributed by atoms with Crippen LogP contribution in [0.4, 0.5) is 5.95 Å². The molecule has 0 fully saturated rings. The summed E-state index contributed by atoms with van der Waals surface area (Å²) in [7, 11) is 1.62. The molecule has 0 unspecified atom stereocenters. The van der Waals surface area contributed by atoms with Crippen LogP contribution < -0.4 is 10.5 Å². The molecule has 0 bridgehead atoms. The van der Waals surface area contributed by atoms with Gasteiger partial charge in [0, 0.05) is 7.11 Å². The molecular formula is C11H13N3O2. The van der Waals surface area contributed by atoms with Gasteiger partial charge in [-0.25, -0.2) is 4.98 Å². The van der Waals surface area contributed by atoms with E-state index in [1.54, 1.807) is 7.11 Å². The van der Waals surface area contributed by atoms with Gasteiger partial charge < -0.3 is 15.2 Å². The molecular weight excluding hydrogens is 206 g/mol. The minimum atomic E-state index is 0.214. The number of rotatable bonds is 4. The summed E-state index contributed by atoms with van der Waals surface area (Å²) in [5, 5.41) is 0.854. The first-order chi connectivity index (χ1) is 7.81. The van der Waals surface area contributed by atoms with Crippen LogP contribution in [0.5, 0.6) is 5.88 Å². The average molecular weight is 219 g/mol. The maximum atomic E-state index is 5.60. The molecule has 0 aliphatic carbocycles. The number of hydrogen-bond acceptors (Lipinski definition) is 5. The van der Waals surface area contributed by atoms with Crippen LogP contribution in [0.1, 0.15) is 0 Å². The number of benzene rings is 1. The number of para-hydroxylation sites is 1. The zero-order valence-electron chi connectivity index (χ0n) is 9.01. The monoisotopic (exact) mass is 219 g/mol. The molecule has 16 heavy (non-hydrogen) atoms. The van der Waals surface area contributed by atoms with Gasteiger partial charge in [0.1, 0.15) is 6.61 Å². The first-order valence-corrected chi connectivity index (χ1v) is 4.95. The Morgan fingerprint density at radius 2 is 2.00 bits per heavy atom. The highest BCUT2D eigenvalue weighted by molar-refractivity contribution is 5.84. The highest BCUT2D eigenvalue weighted by atomic mass is 16.5. The van der Waals surface area contributed by atoms with Gasteiger partial charge in [0.15, 0.2) is 0 Å². The Morgan fingerprint density at radius 1 is 1.19 bits per heavy atom. The second kappa shape index (κ2) is 4.76. The number of hydrogen-bond donors (Lipinski definition) is 1. The van der Waals surface area contributed by atoms with Gasteiger partial charge >= 0.3 is 0 Å². The van der Waals surface area contributed by atoms with E-state index in [1.165, 1.54) is 0 Å². The largest absolute Gasteiger partial charge is 0.475 e. The molecule has 5 heteroatoms. The molecule has 1 heterocycles. The Bertz CT molecular complexity index is 488. The number of ether oxygens (including phenoxy) is 2. The van der Waals surface area contributed by atoms with Crippen LogP contribution in [0.3, 0.4) is 0 Å². The van der Waals surface area contributed by atoms with E-state index in [0.717, 1.165) is 10.9 Å². The predicted molar refractivity (Wildman–Crippen MR) is 61.3 cm³/mol. The molecule has 2 N–H and O–H groups in total. The van der Waals surface area contributed by atoms with Gasteiger partial charge in [0.05, 0.1) is 17.5 Å². The quantitative estimate of drug-likeness (QED) is 0.783. The van der Waals surface area contributed by atoms with Crippen molar-refractivity contribution in [1.29, 1.82) is 0 Å². The molecule has 1 aromatic carbocycles. The molecule has 2 rings (SSSR count). The summed E-state index contributed by atoms with van der Waals surface area (Å²) in [6.07, 6.45) is 0. The summed E-state index contributed by atoms with van der Waals surface area (Å²) in [4.78, 5) is 8.18. The van der Waals surface area contributed by atoms with Crippen LogP contribution in [0.15, 0.2) is 24.3 Å². The summed E-state index contributed by atoms with van der Waals surface area (Å²) in [6, 6.07) is 7.58. The standard InChI is InChI=1S/C11H13N3O2/c1-15-6-7-16-10-8-4-2-3-5-9(8)13-11(12)14-10/h2-5H,6-7H2,1H3,(H2,12,13,14). The highest BCUT2D eigenvalue weighted by Gasteiger charge is 2.06. The fraction of sp³-hybridized carbons (Fsp3) is 0.273. The number of nitrogens with zero attached hydrogens (tertiary/aromatic N) is 2. The summed E-state index contributed by atoms with van der Waals surface area (Å²) < 4.78 is 10.4. The summed E-state index contributed by atoms with van der Waals surface area (Å²) in [6.45, 7) is 0.954. The summed E-state index contributed by atoms with van der Waals surface area (Å²) >= 11 is 0. The zero-order chi connectivity index (χ0) is 11.4. The Morgan fingerprint density at radius 3 is 2.81 bits per heavy atom. The number of anilines is 1. The van der Waals surface area contributed by atoms with Gasteiger partial charge in [0.2, 0.25) is 11.8 Å². The lowest BCUT2D eigenvalue weighted by atomic mass is 10.2. The lowest BCUT2D eigenvalue weighted by Gasteiger charge is -2.07. The van der Waals surface area contributed by atoms with Gasteiger partial charge in [0.25, 0.3) is 0 Å². The summed E-state index contributed by atoms with van der Waals surface area (Å²) in [5.41, 5.74) is 6.38. The van der Waals surface area contributed by atoms with Crippen LogP contribution in [0.2, 0.25) is 0 Å². The predicted octanol–water partition coefficient (Wildman–Crippen LogP) is 1.24. The highest BCUT2D eigenvalue weighted by Crippen LogP contribution is 2.22. The Kier molecular flexibility index (Phi) is 3.16. The van der Waals surface area contributed by atoms with E-state index in [0.29, 0.717) is 19.1 Å². The number of aromatic nitrogens is 2. The third-order valence-electron chi connectivity index (χ3n) is 2.11. The van der Waals surface area contributed by atoms with Crippen molar-refractivity contribution in [2.45, 2.75) is 0 Å². The molecule has 0 amide bonds. The Labute approximate surface area is 93.2 Å². The smallest absolute Gasteiger partial charge is 0.226 e. The minimum absolute atomic E-state index is 0.214. The minimum Gasteiger partial charge on any atom is -0.475 e. The average Bonchev–Trinajstić information content (AvgIpc) is 2.29. The second-order valence-electron chi connectivity index (χ2n) is 3.25. The van der Waals surface area contributed by atoms with Crippen molar-refractivity contribution in [2.24, 2.45) is 0 Å². The van der Waals surface area contributed by atoms with E-state index in [4.69, 9.17) is 15.2 Å². The van der Waals surface area contributed by atoms with Crippen molar-refractivity contribution in [3.8, 4) is 5.88 Å². The van der Waals surface area contributed by atoms with Crippen molar-refractivity contribution < 1.29 is 9.47 Å². The maximum Gasteiger partial charge on any atom is 0.226 e. The molecule has 0 radical (unpaired) electrons. The van der Waals surface area contributed by atoms with Crippen LogP contribution in [0.25, 0.3) is 10.9 Å². The zero-order valence-corrected chi connectivity index (χ0v) is 9.01. The molecule has 5 nitrogen and oxygen atoms in total. The number of nitrogen functional groups attached to an aromatic ring is 1. The molecule has 2 aromatic rings. The third kappa shape index (κ3) is 2.20. The van der Waals surface area contributed by atoms with Crippen molar-refractivity contribution in [3.05, 3.63) is 24.3 Å². The molecule has 0 saturated heterocycles. The lowest BCUT2D eigenvalue weighted by molar-refractivity contribution is 0.144. The Hall–Kier alpha value is -1.88. The van der Waals surface area contributed by atoms with E-state index in [1.807, 2.05) is 24.3 Å². The van der Waals surface area contributed by atoms with Crippen LogP contribution >= 0.6 is 0 Å². The first-order valence-electron chi connectivity index (χ1n) is 4.95.